The van der Waals surface area contributed by atoms with Gasteiger partial charge >= 0.3 is 0 Å². The van der Waals surface area contributed by atoms with Crippen LogP contribution in [0.5, 0.6) is 0 Å². The second kappa shape index (κ2) is 2.02. The second-order valence-corrected chi connectivity index (χ2v) is 5.36. The van der Waals surface area contributed by atoms with Crippen LogP contribution in [0.4, 0.5) is 0 Å². The van der Waals surface area contributed by atoms with E-state index in [-0.39, 0.29) is 0 Å². The van der Waals surface area contributed by atoms with Gasteiger partial charge in [0.1, 0.15) is 7.28 Å². The third-order valence-electron chi connectivity index (χ3n) is 2.31. The van der Waals surface area contributed by atoms with Crippen LogP contribution in [0.1, 0.15) is 41.0 Å². The van der Waals surface area contributed by atoms with Crippen molar-refractivity contribution in [3.8, 4) is 0 Å². The number of hydrogen-bond donors (Lipinski definition) is 0. The first kappa shape index (κ1) is 8.16. The highest BCUT2D eigenvalue weighted by molar-refractivity contribution is 6.56. The average Bonchev–Trinajstić information content (AvgIpc) is 2.05. The van der Waals surface area contributed by atoms with Gasteiger partial charge in [-0.1, -0.05) is 52.2 Å². The third-order valence-corrected chi connectivity index (χ3v) is 2.31. The quantitative estimate of drug-likeness (QED) is 0.487. The second-order valence-electron chi connectivity index (χ2n) is 5.36. The van der Waals surface area contributed by atoms with E-state index in [9.17, 15) is 0 Å². The van der Waals surface area contributed by atoms with Crippen LogP contribution in [0.2, 0.25) is 11.1 Å². The van der Waals surface area contributed by atoms with Crippen molar-refractivity contribution in [2.24, 2.45) is 5.41 Å². The normalized spacial score (nSPS) is 29.5. The summed E-state index contributed by atoms with van der Waals surface area (Å²) in [7, 11) is 2.46. The summed E-state index contributed by atoms with van der Waals surface area (Å²) in [5, 5.41) is 0.549. The molecule has 1 aliphatic heterocycles. The fraction of sp³-hybridized carbons (Fsp3) is 1.00. The van der Waals surface area contributed by atoms with Gasteiger partial charge in [0.15, 0.2) is 0 Å². The largest absolute Gasteiger partial charge is 0.120 e. The zero-order valence-corrected chi connectivity index (χ0v) is 7.86. The van der Waals surface area contributed by atoms with E-state index in [0.717, 1.165) is 5.82 Å². The van der Waals surface area contributed by atoms with Crippen molar-refractivity contribution in [1.82, 2.24) is 0 Å². The van der Waals surface area contributed by atoms with Crippen LogP contribution in [0.3, 0.4) is 0 Å². The molecule has 1 heteroatoms. The van der Waals surface area contributed by atoms with Gasteiger partial charge < -0.3 is 0 Å². The van der Waals surface area contributed by atoms with Gasteiger partial charge in [-0.05, 0) is 5.41 Å². The van der Waals surface area contributed by atoms with Crippen molar-refractivity contribution in [3.05, 3.63) is 0 Å². The molecule has 0 nitrogen and oxygen atoms in total. The summed E-state index contributed by atoms with van der Waals surface area (Å²) in [5.41, 5.74) is 0.509. The fourth-order valence-electron chi connectivity index (χ4n) is 1.45. The number of rotatable bonds is 1. The van der Waals surface area contributed by atoms with E-state index in [4.69, 9.17) is 0 Å². The molecule has 1 heterocycles. The van der Waals surface area contributed by atoms with E-state index in [2.05, 4.69) is 41.9 Å². The zero-order valence-electron chi connectivity index (χ0n) is 7.86. The molecule has 57 valence electrons. The Balaban J connectivity index is 2.31. The minimum absolute atomic E-state index is 0.509. The highest BCUT2D eigenvalue weighted by Gasteiger charge is 2.47. The zero-order chi connectivity index (χ0) is 7.99. The summed E-state index contributed by atoms with van der Waals surface area (Å²) in [6, 6.07) is 0. The van der Waals surface area contributed by atoms with Crippen LogP contribution in [0, 0.1) is 5.41 Å². The molecule has 10 heavy (non-hydrogen) atoms. The first-order valence-electron chi connectivity index (χ1n) is 4.17. The summed E-state index contributed by atoms with van der Waals surface area (Å²) in [6.45, 7) is 11.6. The standard InChI is InChI=1S/C9H18B/c1-8(2,3)6-7-9(4,5)10-7/h7H,6H2,1-5H3. The van der Waals surface area contributed by atoms with E-state index in [0.29, 0.717) is 10.7 Å². The number of hydrogen-bond acceptors (Lipinski definition) is 0. The van der Waals surface area contributed by atoms with E-state index < -0.39 is 0 Å². The fourth-order valence-corrected chi connectivity index (χ4v) is 1.45. The van der Waals surface area contributed by atoms with Gasteiger partial charge in [0.2, 0.25) is 0 Å². The first-order valence-corrected chi connectivity index (χ1v) is 4.17. The molecule has 0 aromatic rings. The van der Waals surface area contributed by atoms with E-state index in [1.807, 2.05) is 0 Å². The van der Waals surface area contributed by atoms with Gasteiger partial charge in [-0.2, -0.15) is 0 Å². The van der Waals surface area contributed by atoms with Crippen LogP contribution in [-0.2, 0) is 0 Å². The molecule has 1 aliphatic rings. The van der Waals surface area contributed by atoms with Crippen molar-refractivity contribution >= 4 is 7.28 Å². The lowest BCUT2D eigenvalue weighted by molar-refractivity contribution is 0.367. The Morgan fingerprint density at radius 3 is 1.80 bits per heavy atom. The maximum Gasteiger partial charge on any atom is 0.120 e. The highest BCUT2D eigenvalue weighted by atomic mass is 14.4. The molecule has 1 unspecified atom stereocenters. The summed E-state index contributed by atoms with van der Waals surface area (Å²) in [5.74, 6) is 0.882. The maximum atomic E-state index is 2.46. The summed E-state index contributed by atoms with van der Waals surface area (Å²) in [6.07, 6.45) is 1.35. The lowest BCUT2D eigenvalue weighted by atomic mass is 9.85. The van der Waals surface area contributed by atoms with E-state index >= 15 is 0 Å². The Kier molecular flexibility index (Phi) is 1.65. The summed E-state index contributed by atoms with van der Waals surface area (Å²) in [4.78, 5) is 0. The van der Waals surface area contributed by atoms with E-state index in [1.54, 1.807) is 0 Å². The molecule has 0 spiro atoms. The van der Waals surface area contributed by atoms with Crippen molar-refractivity contribution in [3.63, 3.8) is 0 Å². The summed E-state index contributed by atoms with van der Waals surface area (Å²) >= 11 is 0. The van der Waals surface area contributed by atoms with Crippen LogP contribution in [-0.4, -0.2) is 7.28 Å². The highest BCUT2D eigenvalue weighted by Crippen LogP contribution is 2.60. The van der Waals surface area contributed by atoms with Crippen molar-refractivity contribution in [1.29, 1.82) is 0 Å². The predicted octanol–water partition coefficient (Wildman–Crippen LogP) is 3.13. The average molecular weight is 137 g/mol. The van der Waals surface area contributed by atoms with Crippen molar-refractivity contribution in [2.75, 3.05) is 0 Å². The van der Waals surface area contributed by atoms with Gasteiger partial charge in [0.25, 0.3) is 0 Å². The Bertz CT molecular complexity index is 130. The molecular formula is C9H18B. The van der Waals surface area contributed by atoms with E-state index in [1.165, 1.54) is 6.42 Å². The van der Waals surface area contributed by atoms with Crippen molar-refractivity contribution < 1.29 is 0 Å². The molecule has 0 bridgehead atoms. The Hall–Kier alpha value is 0.0649. The van der Waals surface area contributed by atoms with Gasteiger partial charge in [0, 0.05) is 0 Å². The van der Waals surface area contributed by atoms with Gasteiger partial charge in [0.05, 0.1) is 0 Å². The smallest absolute Gasteiger partial charge is 0.0697 e. The molecule has 0 N–H and O–H groups in total. The molecule has 0 saturated carbocycles. The molecule has 1 atom stereocenters. The molecule has 1 radical (unpaired) electrons. The van der Waals surface area contributed by atoms with Gasteiger partial charge in [-0.15, -0.1) is 0 Å². The maximum absolute atomic E-state index is 2.46. The van der Waals surface area contributed by atoms with Crippen LogP contribution < -0.4 is 0 Å². The molecule has 1 rings (SSSR count). The topological polar surface area (TPSA) is 0 Å². The van der Waals surface area contributed by atoms with Gasteiger partial charge in [-0.3, -0.25) is 0 Å². The SMILES string of the molecule is CC(C)(C)CC1[B]C1(C)C. The molecule has 0 aromatic heterocycles. The van der Waals surface area contributed by atoms with Crippen LogP contribution in [0.25, 0.3) is 0 Å². The lowest BCUT2D eigenvalue weighted by Gasteiger charge is -2.19. The van der Waals surface area contributed by atoms with Gasteiger partial charge in [-0.25, -0.2) is 0 Å². The first-order chi connectivity index (χ1) is 4.31. The van der Waals surface area contributed by atoms with Crippen molar-refractivity contribution in [2.45, 2.75) is 52.2 Å². The minimum Gasteiger partial charge on any atom is -0.0697 e. The molecule has 1 fully saturated rings. The molecule has 0 amide bonds. The molecule has 0 aliphatic carbocycles. The Labute approximate surface area is 65.6 Å². The van der Waals surface area contributed by atoms with Crippen LogP contribution >= 0.6 is 0 Å². The van der Waals surface area contributed by atoms with Crippen LogP contribution in [0.15, 0.2) is 0 Å². The third kappa shape index (κ3) is 2.03. The summed E-state index contributed by atoms with van der Waals surface area (Å²) < 4.78 is 0. The molecule has 0 aromatic carbocycles. The minimum atomic E-state index is 0.509. The predicted molar refractivity (Wildman–Crippen MR) is 47.6 cm³/mol. The lowest BCUT2D eigenvalue weighted by Crippen LogP contribution is -2.04. The molecular weight excluding hydrogens is 119 g/mol. The Morgan fingerprint density at radius 1 is 1.30 bits per heavy atom. The Morgan fingerprint density at radius 2 is 1.70 bits per heavy atom. The monoisotopic (exact) mass is 137 g/mol. The molecule has 1 saturated heterocycles.